The van der Waals surface area contributed by atoms with Gasteiger partial charge < -0.3 is 4.74 Å². The van der Waals surface area contributed by atoms with Gasteiger partial charge in [0, 0.05) is 23.9 Å². The van der Waals surface area contributed by atoms with E-state index < -0.39 is 21.8 Å². The molecule has 1 fully saturated rings. The van der Waals surface area contributed by atoms with Gasteiger partial charge >= 0.3 is 0 Å². The maximum Gasteiger partial charge on any atom is 0.266 e. The number of aromatic nitrogens is 2. The van der Waals surface area contributed by atoms with Gasteiger partial charge in [-0.25, -0.2) is 9.07 Å². The van der Waals surface area contributed by atoms with Crippen molar-refractivity contribution in [2.75, 3.05) is 12.3 Å². The fourth-order valence-corrected chi connectivity index (χ4v) is 5.66. The summed E-state index contributed by atoms with van der Waals surface area (Å²) in [5, 5.41) is 4.79. The first-order valence-corrected chi connectivity index (χ1v) is 14.8. The molecule has 1 aliphatic rings. The maximum absolute atomic E-state index is 13.2. The summed E-state index contributed by atoms with van der Waals surface area (Å²) in [7, 11) is -4.26. The van der Waals surface area contributed by atoms with Crippen molar-refractivity contribution in [3.05, 3.63) is 107 Å². The van der Waals surface area contributed by atoms with Gasteiger partial charge in [0.25, 0.3) is 16.0 Å². The Hall–Kier alpha value is -3.84. The number of carbonyl (C=O) groups is 1. The first-order valence-electron chi connectivity index (χ1n) is 12.0. The van der Waals surface area contributed by atoms with E-state index in [0.717, 1.165) is 33.5 Å². The minimum Gasteiger partial charge on any atom is -0.489 e. The molecule has 0 unspecified atom stereocenters. The van der Waals surface area contributed by atoms with Crippen LogP contribution >= 0.6 is 24.0 Å². The third kappa shape index (κ3) is 6.65. The molecule has 1 aliphatic heterocycles. The number of hydrogen-bond acceptors (Lipinski definition) is 7. The summed E-state index contributed by atoms with van der Waals surface area (Å²) in [6.45, 7) is 0.00545. The van der Waals surface area contributed by atoms with Crippen molar-refractivity contribution in [2.45, 2.75) is 6.61 Å². The van der Waals surface area contributed by atoms with E-state index in [0.29, 0.717) is 21.9 Å². The Morgan fingerprint density at radius 3 is 2.52 bits per heavy atom. The quantitative estimate of drug-likeness (QED) is 0.157. The topological polar surface area (TPSA) is 102 Å². The van der Waals surface area contributed by atoms with Gasteiger partial charge in [0.2, 0.25) is 0 Å². The summed E-state index contributed by atoms with van der Waals surface area (Å²) >= 11 is 6.34. The number of hydrogen-bond donors (Lipinski definition) is 1. The van der Waals surface area contributed by atoms with Crippen LogP contribution in [0, 0.1) is 5.82 Å². The number of halogens is 1. The van der Waals surface area contributed by atoms with E-state index in [1.165, 1.54) is 12.1 Å². The molecule has 0 spiro atoms. The Kier molecular flexibility index (Phi) is 8.12. The SMILES string of the molecule is O=C1C(=Cc2cn(-c3ccccc3)nc2-c2cccc(OCc3ccc(F)cc3)c2)SC(=S)N1CCS(=O)(=O)O. The highest BCUT2D eigenvalue weighted by atomic mass is 32.2. The zero-order valence-electron chi connectivity index (χ0n) is 20.8. The third-order valence-corrected chi connectivity index (χ3v) is 8.00. The fourth-order valence-electron chi connectivity index (χ4n) is 3.95. The molecule has 5 rings (SSSR count). The highest BCUT2D eigenvalue weighted by molar-refractivity contribution is 8.26. The van der Waals surface area contributed by atoms with Crippen molar-refractivity contribution < 1.29 is 26.9 Å². The van der Waals surface area contributed by atoms with Crippen LogP contribution in [-0.4, -0.2) is 50.2 Å². The molecule has 0 atom stereocenters. The third-order valence-electron chi connectivity index (χ3n) is 5.92. The molecular formula is C28H22FN3O5S3. The fraction of sp³-hybridized carbons (Fsp3) is 0.107. The molecule has 2 heterocycles. The Labute approximate surface area is 239 Å². The molecule has 0 bridgehead atoms. The van der Waals surface area contributed by atoms with Gasteiger partial charge in [-0.1, -0.05) is 66.4 Å². The van der Waals surface area contributed by atoms with Crippen LogP contribution in [0.2, 0.25) is 0 Å². The predicted molar refractivity (Wildman–Crippen MR) is 156 cm³/mol. The van der Waals surface area contributed by atoms with Gasteiger partial charge in [0.1, 0.15) is 28.2 Å². The number of amides is 1. The van der Waals surface area contributed by atoms with Gasteiger partial charge in [0.15, 0.2) is 0 Å². The zero-order valence-corrected chi connectivity index (χ0v) is 23.3. The Morgan fingerprint density at radius 1 is 1.05 bits per heavy atom. The van der Waals surface area contributed by atoms with Crippen molar-refractivity contribution >= 4 is 50.4 Å². The lowest BCUT2D eigenvalue weighted by Gasteiger charge is -2.12. The lowest BCUT2D eigenvalue weighted by molar-refractivity contribution is -0.121. The normalized spacial score (nSPS) is 14.8. The minimum atomic E-state index is -4.26. The molecule has 1 saturated heterocycles. The summed E-state index contributed by atoms with van der Waals surface area (Å²) in [5.41, 5.74) is 3.58. The molecular weight excluding hydrogens is 574 g/mol. The van der Waals surface area contributed by atoms with Crippen LogP contribution in [0.4, 0.5) is 4.39 Å². The number of para-hydroxylation sites is 1. The van der Waals surface area contributed by atoms with E-state index in [-0.39, 0.29) is 23.3 Å². The Bertz CT molecular complexity index is 1700. The van der Waals surface area contributed by atoms with Gasteiger partial charge in [-0.05, 0) is 48.0 Å². The van der Waals surface area contributed by atoms with E-state index in [1.807, 2.05) is 48.5 Å². The number of thioether (sulfide) groups is 1. The maximum atomic E-state index is 13.2. The molecule has 12 heteroatoms. The monoisotopic (exact) mass is 595 g/mol. The van der Waals surface area contributed by atoms with Gasteiger partial charge in [-0.2, -0.15) is 13.5 Å². The van der Waals surface area contributed by atoms with Crippen molar-refractivity contribution in [2.24, 2.45) is 0 Å². The first-order chi connectivity index (χ1) is 19.2. The molecule has 204 valence electrons. The standard InChI is InChI=1S/C28H22FN3O5S3/c29-22-11-9-19(10-12-22)18-37-24-8-4-5-20(15-24)26-21(17-32(30-26)23-6-2-1-3-7-23)16-25-27(33)31(28(38)39-25)13-14-40(34,35)36/h1-12,15-17H,13-14,18H2,(H,34,35,36). The number of nitrogens with zero attached hydrogens (tertiary/aromatic N) is 3. The molecule has 0 aliphatic carbocycles. The van der Waals surface area contributed by atoms with Crippen LogP contribution in [-0.2, 0) is 21.5 Å². The summed E-state index contributed by atoms with van der Waals surface area (Å²) in [6.07, 6.45) is 3.46. The second-order valence-corrected chi connectivity index (χ2v) is 12.0. The van der Waals surface area contributed by atoms with Crippen LogP contribution in [0.5, 0.6) is 5.75 Å². The molecule has 40 heavy (non-hydrogen) atoms. The van der Waals surface area contributed by atoms with Crippen molar-refractivity contribution in [1.29, 1.82) is 0 Å². The molecule has 8 nitrogen and oxygen atoms in total. The number of rotatable bonds is 9. The Morgan fingerprint density at radius 2 is 1.80 bits per heavy atom. The second kappa shape index (κ2) is 11.7. The van der Waals surface area contributed by atoms with Crippen LogP contribution in [0.25, 0.3) is 23.0 Å². The van der Waals surface area contributed by atoms with Crippen LogP contribution in [0.3, 0.4) is 0 Å². The summed E-state index contributed by atoms with van der Waals surface area (Å²) in [5.74, 6) is -0.802. The predicted octanol–water partition coefficient (Wildman–Crippen LogP) is 5.35. The van der Waals surface area contributed by atoms with Crippen molar-refractivity contribution in [1.82, 2.24) is 14.7 Å². The van der Waals surface area contributed by atoms with E-state index in [1.54, 1.807) is 35.2 Å². The van der Waals surface area contributed by atoms with E-state index >= 15 is 0 Å². The van der Waals surface area contributed by atoms with Crippen LogP contribution in [0.15, 0.2) is 90.0 Å². The average molecular weight is 596 g/mol. The van der Waals surface area contributed by atoms with E-state index in [4.69, 9.17) is 26.6 Å². The molecule has 1 N–H and O–H groups in total. The van der Waals surface area contributed by atoms with Crippen molar-refractivity contribution in [3.63, 3.8) is 0 Å². The molecule has 3 aromatic carbocycles. The molecule has 1 aromatic heterocycles. The second-order valence-electron chi connectivity index (χ2n) is 8.78. The lowest BCUT2D eigenvalue weighted by atomic mass is 10.1. The number of thiocarbonyl (C=S) groups is 1. The van der Waals surface area contributed by atoms with Crippen LogP contribution < -0.4 is 4.74 Å². The number of ether oxygens (including phenoxy) is 1. The molecule has 1 amide bonds. The van der Waals surface area contributed by atoms with Gasteiger partial charge in [0.05, 0.1) is 16.3 Å². The summed E-state index contributed by atoms with van der Waals surface area (Å²) < 4.78 is 52.6. The number of benzene rings is 3. The summed E-state index contributed by atoms with van der Waals surface area (Å²) in [4.78, 5) is 14.5. The minimum absolute atomic E-state index is 0.202. The zero-order chi connectivity index (χ0) is 28.3. The average Bonchev–Trinajstić information content (AvgIpc) is 3.47. The molecule has 4 aromatic rings. The smallest absolute Gasteiger partial charge is 0.266 e. The molecule has 0 radical (unpaired) electrons. The van der Waals surface area contributed by atoms with Gasteiger partial charge in [-0.3, -0.25) is 14.2 Å². The lowest BCUT2D eigenvalue weighted by Crippen LogP contribution is -2.32. The van der Waals surface area contributed by atoms with Crippen LogP contribution in [0.1, 0.15) is 11.1 Å². The van der Waals surface area contributed by atoms with Crippen molar-refractivity contribution in [3.8, 4) is 22.7 Å². The first kappa shape index (κ1) is 27.7. The highest BCUT2D eigenvalue weighted by Crippen LogP contribution is 2.35. The Balaban J connectivity index is 1.47. The highest BCUT2D eigenvalue weighted by Gasteiger charge is 2.33. The van der Waals surface area contributed by atoms with E-state index in [2.05, 4.69) is 0 Å². The van der Waals surface area contributed by atoms with Gasteiger partial charge in [-0.15, -0.1) is 0 Å². The molecule has 0 saturated carbocycles. The summed E-state index contributed by atoms with van der Waals surface area (Å²) in [6, 6.07) is 22.9. The number of carbonyl (C=O) groups excluding carboxylic acids is 1. The van der Waals surface area contributed by atoms with E-state index in [9.17, 15) is 17.6 Å². The largest absolute Gasteiger partial charge is 0.489 e.